The van der Waals surface area contributed by atoms with E-state index < -0.39 is 18.0 Å². The number of carbonyl (C=O) groups is 2. The van der Waals surface area contributed by atoms with Gasteiger partial charge in [-0.25, -0.2) is 14.3 Å². The lowest BCUT2D eigenvalue weighted by Crippen LogP contribution is -2.30. The number of nitrogens with zero attached hydrogens (tertiary/aromatic N) is 3. The smallest absolute Gasteiger partial charge is 0.338 e. The molecule has 3 aromatic rings. The van der Waals surface area contributed by atoms with E-state index in [4.69, 9.17) is 16.3 Å². The molecule has 2 N–H and O–H groups in total. The molecule has 0 saturated carbocycles. The Hall–Kier alpha value is -3.56. The number of rotatable bonds is 8. The van der Waals surface area contributed by atoms with Crippen LogP contribution in [0.15, 0.2) is 77.6 Å². The molecule has 0 amide bonds. The van der Waals surface area contributed by atoms with Crippen molar-refractivity contribution in [2.75, 3.05) is 11.9 Å². The molecule has 0 aliphatic carbocycles. The molecule has 1 unspecified atom stereocenters. The number of allylic oxidation sites excluding steroid dienone is 1. The summed E-state index contributed by atoms with van der Waals surface area (Å²) in [5.74, 6) is -0.771. The van der Waals surface area contributed by atoms with Gasteiger partial charge in [-0.3, -0.25) is 0 Å². The summed E-state index contributed by atoms with van der Waals surface area (Å²) >= 11 is 7.65. The van der Waals surface area contributed by atoms with Crippen molar-refractivity contribution in [1.29, 1.82) is 0 Å². The molecule has 10 heteroatoms. The molecule has 2 aromatic carbocycles. The van der Waals surface area contributed by atoms with Gasteiger partial charge in [-0.05, 0) is 30.2 Å². The molecule has 0 saturated heterocycles. The van der Waals surface area contributed by atoms with Gasteiger partial charge in [0, 0.05) is 16.5 Å². The Labute approximate surface area is 205 Å². The van der Waals surface area contributed by atoms with E-state index in [1.165, 1.54) is 28.6 Å². The van der Waals surface area contributed by atoms with E-state index in [9.17, 15) is 14.7 Å². The third kappa shape index (κ3) is 4.71. The lowest BCUT2D eigenvalue weighted by Gasteiger charge is -2.28. The van der Waals surface area contributed by atoms with E-state index in [1.807, 2.05) is 24.3 Å². The van der Waals surface area contributed by atoms with Crippen molar-refractivity contribution in [2.24, 2.45) is 0 Å². The second-order valence-corrected chi connectivity index (χ2v) is 8.74. The van der Waals surface area contributed by atoms with Crippen molar-refractivity contribution in [3.8, 4) is 0 Å². The summed E-state index contributed by atoms with van der Waals surface area (Å²) in [5.41, 5.74) is 2.14. The lowest BCUT2D eigenvalue weighted by atomic mass is 9.92. The number of anilines is 1. The topological polar surface area (TPSA) is 106 Å². The molecule has 4 rings (SSSR count). The van der Waals surface area contributed by atoms with Crippen LogP contribution in [0.1, 0.15) is 34.5 Å². The Bertz CT molecular complexity index is 1300. The molecular formula is C24H21ClN4O4S. The molecule has 0 radical (unpaired) electrons. The Morgan fingerprint density at radius 3 is 2.74 bits per heavy atom. The zero-order valence-electron chi connectivity index (χ0n) is 18.2. The molecule has 0 spiro atoms. The van der Waals surface area contributed by atoms with Crippen LogP contribution in [-0.4, -0.2) is 38.4 Å². The highest BCUT2D eigenvalue weighted by atomic mass is 35.5. The second-order valence-electron chi connectivity index (χ2n) is 7.39. The van der Waals surface area contributed by atoms with E-state index in [1.54, 1.807) is 25.1 Å². The highest BCUT2D eigenvalue weighted by molar-refractivity contribution is 7.98. The van der Waals surface area contributed by atoms with E-state index in [0.29, 0.717) is 33.1 Å². The fraction of sp³-hybridized carbons (Fsp3) is 0.167. The van der Waals surface area contributed by atoms with Crippen LogP contribution >= 0.6 is 23.4 Å². The first kappa shape index (κ1) is 23.6. The van der Waals surface area contributed by atoms with Crippen molar-refractivity contribution < 1.29 is 19.4 Å². The van der Waals surface area contributed by atoms with Crippen LogP contribution in [-0.2, 0) is 15.3 Å². The number of hydrogen-bond acceptors (Lipinski definition) is 7. The standard InChI is InChI=1S/C24H21ClN4O4S/c1-3-12-33-22(32)19-14(2)26-23-27-24(34-13-15-8-4-7-11-18(15)25)28-29(23)20(19)16-9-5-6-10-17(16)21(30)31/h3-11,20H,1,12-13H2,2H3,(H,30,31)(H,26,27,28). The van der Waals surface area contributed by atoms with Gasteiger partial charge in [-0.15, -0.1) is 5.10 Å². The van der Waals surface area contributed by atoms with Crippen LogP contribution in [0.25, 0.3) is 0 Å². The van der Waals surface area contributed by atoms with E-state index in [2.05, 4.69) is 22.0 Å². The van der Waals surface area contributed by atoms with Crippen molar-refractivity contribution in [2.45, 2.75) is 23.9 Å². The maximum absolute atomic E-state index is 13.0. The first-order valence-corrected chi connectivity index (χ1v) is 11.7. The number of aromatic carboxylic acids is 1. The number of aromatic nitrogens is 3. The Morgan fingerprint density at radius 1 is 1.26 bits per heavy atom. The number of ether oxygens (including phenoxy) is 1. The number of benzene rings is 2. The van der Waals surface area contributed by atoms with Crippen molar-refractivity contribution >= 4 is 41.2 Å². The van der Waals surface area contributed by atoms with Crippen LogP contribution < -0.4 is 5.32 Å². The number of carbonyl (C=O) groups excluding carboxylic acids is 1. The van der Waals surface area contributed by atoms with Crippen LogP contribution in [0.2, 0.25) is 5.02 Å². The average Bonchev–Trinajstić information content (AvgIpc) is 3.23. The number of thioether (sulfide) groups is 1. The molecule has 34 heavy (non-hydrogen) atoms. The van der Waals surface area contributed by atoms with Crippen molar-refractivity contribution in [1.82, 2.24) is 14.8 Å². The Balaban J connectivity index is 1.76. The molecule has 1 aromatic heterocycles. The Kier molecular flexibility index (Phi) is 7.04. The summed E-state index contributed by atoms with van der Waals surface area (Å²) in [6.45, 7) is 5.31. The van der Waals surface area contributed by atoms with E-state index in [0.717, 1.165) is 5.56 Å². The minimum Gasteiger partial charge on any atom is -0.478 e. The van der Waals surface area contributed by atoms with Crippen molar-refractivity contribution in [3.05, 3.63) is 94.2 Å². The molecule has 0 bridgehead atoms. The van der Waals surface area contributed by atoms with Crippen LogP contribution in [0, 0.1) is 0 Å². The predicted octanol–water partition coefficient (Wildman–Crippen LogP) is 4.94. The molecule has 1 aliphatic rings. The maximum Gasteiger partial charge on any atom is 0.338 e. The largest absolute Gasteiger partial charge is 0.478 e. The number of fused-ring (bicyclic) bond motifs is 1. The van der Waals surface area contributed by atoms with Gasteiger partial charge in [0.25, 0.3) is 0 Å². The summed E-state index contributed by atoms with van der Waals surface area (Å²) in [7, 11) is 0. The summed E-state index contributed by atoms with van der Waals surface area (Å²) in [6, 6.07) is 13.2. The zero-order valence-corrected chi connectivity index (χ0v) is 19.8. The highest BCUT2D eigenvalue weighted by Gasteiger charge is 2.37. The quantitative estimate of drug-likeness (QED) is 0.256. The van der Waals surface area contributed by atoms with Crippen LogP contribution in [0.5, 0.6) is 0 Å². The SMILES string of the molecule is C=CCOC(=O)C1=C(C)Nc2nc(SCc3ccccc3Cl)nn2C1c1ccccc1C(=O)O. The van der Waals surface area contributed by atoms with Gasteiger partial charge >= 0.3 is 11.9 Å². The van der Waals surface area contributed by atoms with Gasteiger partial charge in [0.2, 0.25) is 11.1 Å². The molecule has 8 nitrogen and oxygen atoms in total. The molecule has 1 atom stereocenters. The first-order valence-electron chi connectivity index (χ1n) is 10.3. The summed E-state index contributed by atoms with van der Waals surface area (Å²) in [5, 5.41) is 18.6. The van der Waals surface area contributed by atoms with Crippen molar-refractivity contribution in [3.63, 3.8) is 0 Å². The number of halogens is 1. The maximum atomic E-state index is 13.0. The molecule has 2 heterocycles. The number of carboxylic acid groups (broad SMARTS) is 1. The van der Waals surface area contributed by atoms with Gasteiger partial charge in [0.1, 0.15) is 12.6 Å². The van der Waals surface area contributed by atoms with Crippen LogP contribution in [0.3, 0.4) is 0 Å². The second kappa shape index (κ2) is 10.1. The summed E-state index contributed by atoms with van der Waals surface area (Å²) in [6.07, 6.45) is 1.47. The van der Waals surface area contributed by atoms with Crippen LogP contribution in [0.4, 0.5) is 5.95 Å². The number of nitrogens with one attached hydrogen (secondary N) is 1. The minimum absolute atomic E-state index is 0.0199. The fourth-order valence-corrected chi connectivity index (χ4v) is 4.76. The molecular weight excluding hydrogens is 476 g/mol. The lowest BCUT2D eigenvalue weighted by molar-refractivity contribution is -0.138. The minimum atomic E-state index is -1.11. The summed E-state index contributed by atoms with van der Waals surface area (Å²) < 4.78 is 6.83. The monoisotopic (exact) mass is 496 g/mol. The third-order valence-electron chi connectivity index (χ3n) is 5.19. The van der Waals surface area contributed by atoms with E-state index in [-0.39, 0.29) is 17.7 Å². The van der Waals surface area contributed by atoms with Gasteiger partial charge in [-0.1, -0.05) is 72.4 Å². The number of esters is 1. The van der Waals surface area contributed by atoms with Gasteiger partial charge in [0.05, 0.1) is 11.1 Å². The summed E-state index contributed by atoms with van der Waals surface area (Å²) in [4.78, 5) is 29.5. The highest BCUT2D eigenvalue weighted by Crippen LogP contribution is 2.38. The Morgan fingerprint density at radius 2 is 2.00 bits per heavy atom. The molecule has 174 valence electrons. The predicted molar refractivity (Wildman–Crippen MR) is 130 cm³/mol. The normalized spacial score (nSPS) is 14.8. The van der Waals surface area contributed by atoms with Gasteiger partial charge in [-0.2, -0.15) is 4.98 Å². The number of hydrogen-bond donors (Lipinski definition) is 2. The fourth-order valence-electron chi connectivity index (χ4n) is 3.64. The number of carboxylic acids is 1. The van der Waals surface area contributed by atoms with Gasteiger partial charge < -0.3 is 15.2 Å². The third-order valence-corrected chi connectivity index (χ3v) is 6.44. The average molecular weight is 497 g/mol. The van der Waals surface area contributed by atoms with E-state index >= 15 is 0 Å². The zero-order chi connectivity index (χ0) is 24.2. The first-order chi connectivity index (χ1) is 16.4. The molecule has 1 aliphatic heterocycles. The molecule has 0 fully saturated rings. The van der Waals surface area contributed by atoms with Gasteiger partial charge in [0.15, 0.2) is 0 Å².